The molecule has 0 N–H and O–H groups in total. The van der Waals surface area contributed by atoms with Crippen LogP contribution in [0.5, 0.6) is 0 Å². The SMILES string of the molecule is Cc1cc(C)c2ncc(C#N)c(Cl)c2c1. The Morgan fingerprint density at radius 1 is 1.33 bits per heavy atom. The lowest BCUT2D eigenvalue weighted by Crippen LogP contribution is -1.89. The number of pyridine rings is 1. The van der Waals surface area contributed by atoms with E-state index in [1.807, 2.05) is 26.0 Å². The number of aryl methyl sites for hydroxylation is 2. The zero-order chi connectivity index (χ0) is 11.0. The molecule has 0 aliphatic rings. The van der Waals surface area contributed by atoms with Gasteiger partial charge in [-0.1, -0.05) is 23.2 Å². The van der Waals surface area contributed by atoms with Crippen molar-refractivity contribution in [3.8, 4) is 6.07 Å². The molecular weight excluding hydrogens is 208 g/mol. The van der Waals surface area contributed by atoms with Crippen LogP contribution in [0.4, 0.5) is 0 Å². The molecular formula is C12H9ClN2. The van der Waals surface area contributed by atoms with Gasteiger partial charge in [-0.3, -0.25) is 4.98 Å². The number of benzene rings is 1. The molecule has 0 saturated heterocycles. The van der Waals surface area contributed by atoms with Crippen LogP contribution in [0.2, 0.25) is 5.02 Å². The minimum atomic E-state index is 0.425. The van der Waals surface area contributed by atoms with E-state index in [4.69, 9.17) is 16.9 Å². The number of rotatable bonds is 0. The second kappa shape index (κ2) is 3.52. The third kappa shape index (κ3) is 1.55. The summed E-state index contributed by atoms with van der Waals surface area (Å²) in [6.45, 7) is 3.99. The van der Waals surface area contributed by atoms with E-state index in [9.17, 15) is 0 Å². The Balaban J connectivity index is 2.94. The number of aromatic nitrogens is 1. The van der Waals surface area contributed by atoms with E-state index < -0.39 is 0 Å². The number of nitrogens with zero attached hydrogens (tertiary/aromatic N) is 2. The molecule has 0 radical (unpaired) electrons. The summed E-state index contributed by atoms with van der Waals surface area (Å²) in [6, 6.07) is 6.04. The van der Waals surface area contributed by atoms with Gasteiger partial charge in [0.2, 0.25) is 0 Å². The van der Waals surface area contributed by atoms with Gasteiger partial charge < -0.3 is 0 Å². The van der Waals surface area contributed by atoms with Crippen LogP contribution in [0.1, 0.15) is 16.7 Å². The van der Waals surface area contributed by atoms with Gasteiger partial charge >= 0.3 is 0 Å². The Morgan fingerprint density at radius 3 is 2.73 bits per heavy atom. The molecule has 3 heteroatoms. The van der Waals surface area contributed by atoms with Gasteiger partial charge in [-0.05, 0) is 25.5 Å². The van der Waals surface area contributed by atoms with Crippen LogP contribution in [0.15, 0.2) is 18.3 Å². The highest BCUT2D eigenvalue weighted by Crippen LogP contribution is 2.28. The highest BCUT2D eigenvalue weighted by atomic mass is 35.5. The van der Waals surface area contributed by atoms with Gasteiger partial charge in [0.05, 0.1) is 16.1 Å². The zero-order valence-electron chi connectivity index (χ0n) is 8.50. The van der Waals surface area contributed by atoms with Crippen LogP contribution >= 0.6 is 11.6 Å². The van der Waals surface area contributed by atoms with Crippen LogP contribution in [-0.2, 0) is 0 Å². The molecule has 0 unspecified atom stereocenters. The molecule has 2 nitrogen and oxygen atoms in total. The van der Waals surface area contributed by atoms with Gasteiger partial charge in [0, 0.05) is 11.6 Å². The fourth-order valence-electron chi connectivity index (χ4n) is 1.71. The van der Waals surface area contributed by atoms with Crippen LogP contribution < -0.4 is 0 Å². The number of halogens is 1. The first kappa shape index (κ1) is 9.95. The Hall–Kier alpha value is -1.59. The quantitative estimate of drug-likeness (QED) is 0.677. The molecule has 0 fully saturated rings. The summed E-state index contributed by atoms with van der Waals surface area (Å²) in [6.07, 6.45) is 1.52. The predicted molar refractivity (Wildman–Crippen MR) is 60.9 cm³/mol. The summed E-state index contributed by atoms with van der Waals surface area (Å²) < 4.78 is 0. The molecule has 0 aliphatic heterocycles. The number of nitriles is 1. The Morgan fingerprint density at radius 2 is 2.07 bits per heavy atom. The lowest BCUT2D eigenvalue weighted by atomic mass is 10.1. The van der Waals surface area contributed by atoms with Crippen molar-refractivity contribution in [1.29, 1.82) is 5.26 Å². The number of hydrogen-bond acceptors (Lipinski definition) is 2. The van der Waals surface area contributed by atoms with E-state index >= 15 is 0 Å². The Bertz CT molecular complexity index is 582. The van der Waals surface area contributed by atoms with Crippen molar-refractivity contribution in [1.82, 2.24) is 4.98 Å². The number of hydrogen-bond donors (Lipinski definition) is 0. The van der Waals surface area contributed by atoms with Gasteiger partial charge in [0.15, 0.2) is 0 Å². The van der Waals surface area contributed by atoms with Crippen molar-refractivity contribution in [2.24, 2.45) is 0 Å². The van der Waals surface area contributed by atoms with Gasteiger partial charge in [-0.25, -0.2) is 0 Å². The van der Waals surface area contributed by atoms with Crippen LogP contribution in [-0.4, -0.2) is 4.98 Å². The standard InChI is InChI=1S/C12H9ClN2/c1-7-3-8(2)12-10(4-7)11(13)9(5-14)6-15-12/h3-4,6H,1-2H3. The van der Waals surface area contributed by atoms with Crippen molar-refractivity contribution in [2.45, 2.75) is 13.8 Å². The molecule has 15 heavy (non-hydrogen) atoms. The lowest BCUT2D eigenvalue weighted by molar-refractivity contribution is 1.32. The monoisotopic (exact) mass is 216 g/mol. The van der Waals surface area contributed by atoms with Gasteiger partial charge in [0.25, 0.3) is 0 Å². The maximum atomic E-state index is 8.84. The number of fused-ring (bicyclic) bond motifs is 1. The summed E-state index contributed by atoms with van der Waals surface area (Å²) in [5.41, 5.74) is 3.49. The Labute approximate surface area is 93.1 Å². The second-order valence-electron chi connectivity index (χ2n) is 3.58. The van der Waals surface area contributed by atoms with Crippen molar-refractivity contribution >= 4 is 22.5 Å². The lowest BCUT2D eigenvalue weighted by Gasteiger charge is -2.05. The zero-order valence-corrected chi connectivity index (χ0v) is 9.26. The maximum absolute atomic E-state index is 8.84. The van der Waals surface area contributed by atoms with Crippen molar-refractivity contribution in [2.75, 3.05) is 0 Å². The van der Waals surface area contributed by atoms with Gasteiger partial charge in [-0.2, -0.15) is 5.26 Å². The predicted octanol–water partition coefficient (Wildman–Crippen LogP) is 3.38. The summed E-state index contributed by atoms with van der Waals surface area (Å²) in [5, 5.41) is 10.2. The normalized spacial score (nSPS) is 10.3. The van der Waals surface area contributed by atoms with Gasteiger partial charge in [0.1, 0.15) is 6.07 Å². The molecule has 2 aromatic rings. The smallest absolute Gasteiger partial charge is 0.102 e. The molecule has 0 atom stereocenters. The highest BCUT2D eigenvalue weighted by Gasteiger charge is 2.08. The van der Waals surface area contributed by atoms with E-state index in [1.54, 1.807) is 0 Å². The van der Waals surface area contributed by atoms with Crippen LogP contribution in [0.25, 0.3) is 10.9 Å². The summed E-state index contributed by atoms with van der Waals surface area (Å²) in [7, 11) is 0. The average Bonchev–Trinajstić information content (AvgIpc) is 2.19. The molecule has 74 valence electrons. The first-order valence-corrected chi connectivity index (χ1v) is 4.97. The molecule has 0 aliphatic carbocycles. The molecule has 1 aromatic carbocycles. The van der Waals surface area contributed by atoms with Crippen LogP contribution in [0, 0.1) is 25.2 Å². The summed E-state index contributed by atoms with van der Waals surface area (Å²) >= 11 is 6.12. The van der Waals surface area contributed by atoms with Crippen LogP contribution in [0.3, 0.4) is 0 Å². The molecule has 0 spiro atoms. The molecule has 2 rings (SSSR count). The molecule has 0 saturated carbocycles. The fourth-order valence-corrected chi connectivity index (χ4v) is 1.94. The average molecular weight is 217 g/mol. The van der Waals surface area contributed by atoms with Crippen molar-refractivity contribution in [3.63, 3.8) is 0 Å². The minimum absolute atomic E-state index is 0.425. The largest absolute Gasteiger partial charge is 0.254 e. The summed E-state index contributed by atoms with van der Waals surface area (Å²) in [5.74, 6) is 0. The highest BCUT2D eigenvalue weighted by molar-refractivity contribution is 6.36. The third-order valence-corrected chi connectivity index (χ3v) is 2.77. The van der Waals surface area contributed by atoms with E-state index in [-0.39, 0.29) is 0 Å². The van der Waals surface area contributed by atoms with Crippen molar-refractivity contribution < 1.29 is 0 Å². The van der Waals surface area contributed by atoms with E-state index in [0.29, 0.717) is 10.6 Å². The fraction of sp³-hybridized carbons (Fsp3) is 0.167. The molecule has 0 bridgehead atoms. The molecule has 1 aromatic heterocycles. The minimum Gasteiger partial charge on any atom is -0.254 e. The third-order valence-electron chi connectivity index (χ3n) is 2.36. The first-order chi connectivity index (χ1) is 7.13. The summed E-state index contributed by atoms with van der Waals surface area (Å²) in [4.78, 5) is 4.25. The van der Waals surface area contributed by atoms with E-state index in [1.165, 1.54) is 6.20 Å². The molecule has 1 heterocycles. The second-order valence-corrected chi connectivity index (χ2v) is 3.95. The Kier molecular flexibility index (Phi) is 2.34. The maximum Gasteiger partial charge on any atom is 0.102 e. The van der Waals surface area contributed by atoms with E-state index in [0.717, 1.165) is 22.0 Å². The van der Waals surface area contributed by atoms with E-state index in [2.05, 4.69) is 11.1 Å². The van der Waals surface area contributed by atoms with Crippen molar-refractivity contribution in [3.05, 3.63) is 40.0 Å². The molecule has 0 amide bonds. The van der Waals surface area contributed by atoms with Gasteiger partial charge in [-0.15, -0.1) is 0 Å². The first-order valence-electron chi connectivity index (χ1n) is 4.59. The topological polar surface area (TPSA) is 36.7 Å².